The van der Waals surface area contributed by atoms with Gasteiger partial charge in [0.1, 0.15) is 6.54 Å². The molecule has 1 radical (unpaired) electrons. The van der Waals surface area contributed by atoms with Crippen LogP contribution in [-0.4, -0.2) is 37.1 Å². The van der Waals surface area contributed by atoms with Crippen molar-refractivity contribution in [3.05, 3.63) is 53.6 Å². The van der Waals surface area contributed by atoms with Crippen LogP contribution in [0.2, 0.25) is 0 Å². The van der Waals surface area contributed by atoms with Gasteiger partial charge in [0, 0.05) is 19.2 Å². The molecular weight excluding hydrogens is 413 g/mol. The highest BCUT2D eigenvalue weighted by Gasteiger charge is 2.31. The van der Waals surface area contributed by atoms with Gasteiger partial charge in [-0.1, -0.05) is 31.5 Å². The zero-order valence-electron chi connectivity index (χ0n) is 17.3. The molecule has 31 heavy (non-hydrogen) atoms. The van der Waals surface area contributed by atoms with Crippen molar-refractivity contribution in [2.75, 3.05) is 20.2 Å². The van der Waals surface area contributed by atoms with Crippen molar-refractivity contribution in [1.29, 1.82) is 0 Å². The molecule has 0 aliphatic heterocycles. The lowest BCUT2D eigenvalue weighted by Crippen LogP contribution is -2.39. The van der Waals surface area contributed by atoms with E-state index < -0.39 is 29.5 Å². The number of amides is 2. The Hall–Kier alpha value is -3.23. The fourth-order valence-corrected chi connectivity index (χ4v) is 2.82. The number of halogens is 3. The molecule has 0 saturated carbocycles. The smallest absolute Gasteiger partial charge is 0.416 e. The summed E-state index contributed by atoms with van der Waals surface area (Å²) in [7, 11) is 1.44. The first-order valence-corrected chi connectivity index (χ1v) is 9.75. The van der Waals surface area contributed by atoms with E-state index in [1.165, 1.54) is 24.1 Å². The third-order valence-electron chi connectivity index (χ3n) is 4.51. The van der Waals surface area contributed by atoms with E-state index in [0.29, 0.717) is 12.0 Å². The highest BCUT2D eigenvalue weighted by molar-refractivity contribution is 5.82. The zero-order chi connectivity index (χ0) is 23.0. The van der Waals surface area contributed by atoms with Crippen LogP contribution in [-0.2, 0) is 27.4 Å². The van der Waals surface area contributed by atoms with Gasteiger partial charge in [-0.05, 0) is 41.8 Å². The molecule has 0 spiro atoms. The van der Waals surface area contributed by atoms with Crippen molar-refractivity contribution in [3.63, 3.8) is 0 Å². The first-order valence-electron chi connectivity index (χ1n) is 9.75. The van der Waals surface area contributed by atoms with Crippen molar-refractivity contribution in [3.8, 4) is 16.9 Å². The molecule has 0 aliphatic carbocycles. The van der Waals surface area contributed by atoms with Crippen LogP contribution in [0.15, 0.2) is 42.5 Å². The van der Waals surface area contributed by atoms with E-state index in [1.807, 2.05) is 6.92 Å². The quantitative estimate of drug-likeness (QED) is 0.591. The molecule has 167 valence electrons. The summed E-state index contributed by atoms with van der Waals surface area (Å²) >= 11 is 0. The van der Waals surface area contributed by atoms with E-state index in [4.69, 9.17) is 4.74 Å². The van der Waals surface area contributed by atoms with E-state index in [0.717, 1.165) is 24.6 Å². The molecule has 2 aromatic carbocycles. The average Bonchev–Trinajstić information content (AvgIpc) is 2.73. The van der Waals surface area contributed by atoms with Gasteiger partial charge in [-0.25, -0.2) is 4.79 Å². The molecule has 9 heteroatoms. The van der Waals surface area contributed by atoms with E-state index in [-0.39, 0.29) is 30.8 Å². The van der Waals surface area contributed by atoms with Gasteiger partial charge in [0.2, 0.25) is 5.91 Å². The average molecular weight is 437 g/mol. The van der Waals surface area contributed by atoms with Crippen molar-refractivity contribution in [2.24, 2.45) is 0 Å². The van der Waals surface area contributed by atoms with Crippen LogP contribution in [0, 0.1) is 0 Å². The van der Waals surface area contributed by atoms with Gasteiger partial charge in [-0.2, -0.15) is 13.2 Å². The fraction of sp³-hybridized carbons (Fsp3) is 0.364. The fourth-order valence-electron chi connectivity index (χ4n) is 2.82. The molecule has 2 aromatic rings. The molecule has 0 aliphatic rings. The number of carbonyl (C=O) groups excluding carboxylic acids is 2. The monoisotopic (exact) mass is 437 g/mol. The Morgan fingerprint density at radius 1 is 1.13 bits per heavy atom. The lowest BCUT2D eigenvalue weighted by atomic mass is 9.99. The molecule has 0 fully saturated rings. The lowest BCUT2D eigenvalue weighted by Gasteiger charge is -2.22. The van der Waals surface area contributed by atoms with Crippen molar-refractivity contribution in [1.82, 2.24) is 10.2 Å². The Bertz CT molecular complexity index is 916. The minimum atomic E-state index is -4.58. The summed E-state index contributed by atoms with van der Waals surface area (Å²) in [6, 6.07) is 8.70. The minimum Gasteiger partial charge on any atom is -0.449 e. The molecule has 0 heterocycles. The first kappa shape index (κ1) is 24.0. The maximum Gasteiger partial charge on any atom is 0.416 e. The number of carbonyl (C=O) groups is 2. The largest absolute Gasteiger partial charge is 0.449 e. The van der Waals surface area contributed by atoms with Crippen molar-refractivity contribution < 1.29 is 32.6 Å². The van der Waals surface area contributed by atoms with E-state index >= 15 is 0 Å². The van der Waals surface area contributed by atoms with Crippen LogP contribution in [0.3, 0.4) is 0 Å². The number of unbranched alkanes of at least 4 members (excludes halogenated alkanes) is 1. The molecule has 2 amide bonds. The first-order chi connectivity index (χ1) is 14.7. The number of hydrogen-bond donors (Lipinski definition) is 1. The highest BCUT2D eigenvalue weighted by atomic mass is 19.4. The Morgan fingerprint density at radius 2 is 1.87 bits per heavy atom. The van der Waals surface area contributed by atoms with Gasteiger partial charge in [0.05, 0.1) is 12.2 Å². The lowest BCUT2D eigenvalue weighted by molar-refractivity contribution is -0.137. The molecule has 0 unspecified atom stereocenters. The summed E-state index contributed by atoms with van der Waals surface area (Å²) in [4.78, 5) is 25.4. The minimum absolute atomic E-state index is 0.0145. The van der Waals surface area contributed by atoms with Crippen LogP contribution >= 0.6 is 0 Å². The van der Waals surface area contributed by atoms with E-state index in [1.54, 1.807) is 12.1 Å². The number of nitrogens with one attached hydrogen (secondary N) is 1. The SMILES string of the molecule is CCCCOC(=O)N(CC(=O)NC)Cc1cccc(-c2cc(C(F)(F)F)ccc2[O])c1. The van der Waals surface area contributed by atoms with Crippen LogP contribution in [0.4, 0.5) is 18.0 Å². The number of hydrogen-bond acceptors (Lipinski definition) is 3. The van der Waals surface area contributed by atoms with Crippen molar-refractivity contribution in [2.45, 2.75) is 32.5 Å². The van der Waals surface area contributed by atoms with E-state index in [2.05, 4.69) is 5.32 Å². The van der Waals surface area contributed by atoms with E-state index in [9.17, 15) is 27.9 Å². The number of alkyl halides is 3. The maximum atomic E-state index is 13.0. The zero-order valence-corrected chi connectivity index (χ0v) is 17.3. The number of rotatable bonds is 8. The maximum absolute atomic E-state index is 13.0. The van der Waals surface area contributed by atoms with Crippen LogP contribution in [0.25, 0.3) is 11.1 Å². The summed E-state index contributed by atoms with van der Waals surface area (Å²) in [6.45, 7) is 1.89. The molecule has 6 nitrogen and oxygen atoms in total. The highest BCUT2D eigenvalue weighted by Crippen LogP contribution is 2.37. The molecule has 2 rings (SSSR count). The summed E-state index contributed by atoms with van der Waals surface area (Å²) < 4.78 is 44.3. The summed E-state index contributed by atoms with van der Waals surface area (Å²) in [5.74, 6) is -0.949. The topological polar surface area (TPSA) is 78.5 Å². The van der Waals surface area contributed by atoms with Gasteiger partial charge >= 0.3 is 12.3 Å². The summed E-state index contributed by atoms with van der Waals surface area (Å²) in [5.41, 5.74) is -0.202. The second-order valence-electron chi connectivity index (χ2n) is 6.91. The Balaban J connectivity index is 2.30. The van der Waals surface area contributed by atoms with Gasteiger partial charge in [-0.3, -0.25) is 14.8 Å². The van der Waals surface area contributed by atoms with Gasteiger partial charge in [0.15, 0.2) is 5.75 Å². The van der Waals surface area contributed by atoms with Gasteiger partial charge in [-0.15, -0.1) is 0 Å². The summed E-state index contributed by atoms with van der Waals surface area (Å²) in [5, 5.41) is 14.6. The summed E-state index contributed by atoms with van der Waals surface area (Å²) in [6.07, 6.45) is -3.74. The van der Waals surface area contributed by atoms with Crippen LogP contribution in [0.5, 0.6) is 5.75 Å². The molecule has 1 N–H and O–H groups in total. The van der Waals surface area contributed by atoms with Crippen LogP contribution < -0.4 is 5.32 Å². The van der Waals surface area contributed by atoms with Crippen LogP contribution in [0.1, 0.15) is 30.9 Å². The second-order valence-corrected chi connectivity index (χ2v) is 6.91. The molecule has 0 aromatic heterocycles. The predicted octanol–water partition coefficient (Wildman–Crippen LogP) is 5.00. The Labute approximate surface area is 178 Å². The molecule has 0 bridgehead atoms. The Kier molecular flexibility index (Phi) is 8.30. The van der Waals surface area contributed by atoms with Gasteiger partial charge in [0.25, 0.3) is 0 Å². The number of benzene rings is 2. The molecule has 0 atom stereocenters. The standard InChI is InChI=1S/C22H24F3N2O4/c1-3-4-10-31-21(30)27(14-20(29)26-2)13-15-6-5-7-16(11-15)18-12-17(22(23,24)25)8-9-19(18)28/h5-9,11-12H,3-4,10,13-14H2,1-2H3,(H,26,29). The number of nitrogens with zero attached hydrogens (tertiary/aromatic N) is 1. The predicted molar refractivity (Wildman–Crippen MR) is 108 cm³/mol. The second kappa shape index (κ2) is 10.7. The number of likely N-dealkylation sites (N-methyl/N-ethyl adjacent to an activating group) is 1. The van der Waals surface area contributed by atoms with Crippen molar-refractivity contribution >= 4 is 12.0 Å². The number of ether oxygens (including phenoxy) is 1. The molecule has 0 saturated heterocycles. The normalized spacial score (nSPS) is 11.1. The Morgan fingerprint density at radius 3 is 2.52 bits per heavy atom. The van der Waals surface area contributed by atoms with Gasteiger partial charge < -0.3 is 10.1 Å². The third-order valence-corrected chi connectivity index (χ3v) is 4.51. The third kappa shape index (κ3) is 6.91. The molecular formula is C22H24F3N2O4.